The molecule has 24 heavy (non-hydrogen) atoms. The van der Waals surface area contributed by atoms with Crippen LogP contribution in [0.15, 0.2) is 54.6 Å². The summed E-state index contributed by atoms with van der Waals surface area (Å²) in [6.07, 6.45) is 5.58. The largest absolute Gasteiger partial charge is 0.332 e. The van der Waals surface area contributed by atoms with Crippen molar-refractivity contribution in [2.75, 3.05) is 0 Å². The lowest BCUT2D eigenvalue weighted by atomic mass is 10.1. The van der Waals surface area contributed by atoms with E-state index in [1.807, 2.05) is 19.1 Å². The summed E-state index contributed by atoms with van der Waals surface area (Å²) in [5, 5.41) is 0. The van der Waals surface area contributed by atoms with Crippen molar-refractivity contribution >= 4 is 13.8 Å². The quantitative estimate of drug-likeness (QED) is 0.491. The normalized spacial score (nSPS) is 17.6. The molecule has 1 nitrogen and oxygen atoms in total. The predicted octanol–water partition coefficient (Wildman–Crippen LogP) is 6.46. The maximum Gasteiger partial charge on any atom is 0.131 e. The van der Waals surface area contributed by atoms with E-state index in [2.05, 4.69) is 83.5 Å². The summed E-state index contributed by atoms with van der Waals surface area (Å²) in [7, 11) is -1.57. The van der Waals surface area contributed by atoms with Gasteiger partial charge in [-0.2, -0.15) is 0 Å². The lowest BCUT2D eigenvalue weighted by Gasteiger charge is -2.39. The zero-order valence-corrected chi connectivity index (χ0v) is 17.8. The highest BCUT2D eigenvalue weighted by Gasteiger charge is 2.41. The zero-order chi connectivity index (χ0) is 18.5. The minimum Gasteiger partial charge on any atom is -0.332 e. The fourth-order valence-corrected chi connectivity index (χ4v) is 8.26. The minimum atomic E-state index is -1.57. The number of hydrogen-bond acceptors (Lipinski definition) is 1. The molecule has 1 aromatic rings. The van der Waals surface area contributed by atoms with Gasteiger partial charge in [0.15, 0.2) is 0 Å². The average molecular weight is 342 g/mol. The number of rotatable bonds is 3. The Hall–Kier alpha value is -1.38. The Morgan fingerprint density at radius 3 is 2.17 bits per heavy atom. The van der Waals surface area contributed by atoms with Crippen LogP contribution in [0, 0.1) is 0 Å². The summed E-state index contributed by atoms with van der Waals surface area (Å²) in [4.78, 5) is 3.93. The van der Waals surface area contributed by atoms with Crippen LogP contribution in [-0.2, 0) is 0 Å². The standard InChI is InChI=1S/C17H27NSi.C5H8/c1-12-13(2)16(15-11-9-8-10-14(12)15)19(6,7)18-17(3,4)5;1-3-5-4-2/h8-11,16,18H,1-7H3;3-5H,1H2,2H3/b;5-4+. The van der Waals surface area contributed by atoms with Gasteiger partial charge in [-0.15, -0.1) is 0 Å². The van der Waals surface area contributed by atoms with Crippen molar-refractivity contribution in [2.45, 2.75) is 65.7 Å². The highest BCUT2D eigenvalue weighted by Crippen LogP contribution is 2.45. The van der Waals surface area contributed by atoms with E-state index in [1.165, 1.54) is 16.7 Å². The van der Waals surface area contributed by atoms with E-state index in [1.54, 1.807) is 11.6 Å². The maximum absolute atomic E-state index is 3.93. The van der Waals surface area contributed by atoms with Crippen LogP contribution < -0.4 is 4.98 Å². The van der Waals surface area contributed by atoms with Gasteiger partial charge in [-0.1, -0.05) is 67.7 Å². The second-order valence-electron chi connectivity index (χ2n) is 8.19. The molecule has 1 N–H and O–H groups in total. The maximum atomic E-state index is 3.93. The first-order chi connectivity index (χ1) is 11.0. The van der Waals surface area contributed by atoms with Gasteiger partial charge >= 0.3 is 0 Å². The lowest BCUT2D eigenvalue weighted by molar-refractivity contribution is 0.508. The van der Waals surface area contributed by atoms with Crippen LogP contribution in [0.5, 0.6) is 0 Å². The highest BCUT2D eigenvalue weighted by atomic mass is 28.3. The molecule has 0 saturated heterocycles. The fraction of sp³-hybridized carbons (Fsp3) is 0.455. The van der Waals surface area contributed by atoms with Gasteiger partial charge in [-0.05, 0) is 58.2 Å². The number of benzene rings is 1. The van der Waals surface area contributed by atoms with Crippen LogP contribution in [0.4, 0.5) is 0 Å². The number of hydrogen-bond donors (Lipinski definition) is 1. The van der Waals surface area contributed by atoms with Crippen molar-refractivity contribution in [1.29, 1.82) is 0 Å². The number of allylic oxidation sites excluding steroid dienone is 5. The third-order valence-corrected chi connectivity index (χ3v) is 8.03. The van der Waals surface area contributed by atoms with Gasteiger partial charge in [0.25, 0.3) is 0 Å². The first kappa shape index (κ1) is 20.7. The van der Waals surface area contributed by atoms with E-state index in [0.717, 1.165) is 0 Å². The van der Waals surface area contributed by atoms with Crippen molar-refractivity contribution in [3.8, 4) is 0 Å². The Morgan fingerprint density at radius 2 is 1.71 bits per heavy atom. The molecule has 0 aliphatic heterocycles. The van der Waals surface area contributed by atoms with Crippen molar-refractivity contribution < 1.29 is 0 Å². The SMILES string of the molecule is C=C/C=C/C.CC1=C(C)C([Si](C)(C)NC(C)(C)C)c2ccccc21. The van der Waals surface area contributed by atoms with Crippen molar-refractivity contribution in [1.82, 2.24) is 4.98 Å². The summed E-state index contributed by atoms with van der Waals surface area (Å²) in [5.74, 6) is 0. The molecule has 0 heterocycles. The molecule has 1 aliphatic carbocycles. The number of fused-ring (bicyclic) bond motifs is 1. The van der Waals surface area contributed by atoms with Crippen LogP contribution in [0.2, 0.25) is 13.1 Å². The Kier molecular flexibility index (Phi) is 7.00. The highest BCUT2D eigenvalue weighted by molar-refractivity contribution is 6.77. The summed E-state index contributed by atoms with van der Waals surface area (Å²) in [6, 6.07) is 8.93. The molecule has 0 amide bonds. The molecule has 0 saturated carbocycles. The summed E-state index contributed by atoms with van der Waals surface area (Å²) in [6.45, 7) is 21.8. The molecular formula is C22H35NSi. The fourth-order valence-electron chi connectivity index (χ4n) is 3.86. The molecule has 0 aromatic heterocycles. The molecule has 0 spiro atoms. The Labute approximate surface area is 150 Å². The second kappa shape index (κ2) is 8.13. The van der Waals surface area contributed by atoms with Crippen LogP contribution in [0.3, 0.4) is 0 Å². The third-order valence-electron chi connectivity index (χ3n) is 4.45. The van der Waals surface area contributed by atoms with Crippen molar-refractivity contribution in [3.05, 3.63) is 65.8 Å². The van der Waals surface area contributed by atoms with Gasteiger partial charge in [0.1, 0.15) is 8.24 Å². The van der Waals surface area contributed by atoms with Crippen molar-refractivity contribution in [2.24, 2.45) is 0 Å². The molecule has 0 fully saturated rings. The summed E-state index contributed by atoms with van der Waals surface area (Å²) in [5.41, 5.74) is 6.82. The van der Waals surface area contributed by atoms with Crippen LogP contribution in [-0.4, -0.2) is 13.8 Å². The van der Waals surface area contributed by atoms with E-state index in [4.69, 9.17) is 0 Å². The van der Waals surface area contributed by atoms with Gasteiger partial charge in [0, 0.05) is 11.1 Å². The van der Waals surface area contributed by atoms with Gasteiger partial charge in [0.05, 0.1) is 0 Å². The van der Waals surface area contributed by atoms with Crippen LogP contribution >= 0.6 is 0 Å². The minimum absolute atomic E-state index is 0.182. The van der Waals surface area contributed by atoms with E-state index >= 15 is 0 Å². The van der Waals surface area contributed by atoms with Crippen molar-refractivity contribution in [3.63, 3.8) is 0 Å². The molecule has 1 unspecified atom stereocenters. The summed E-state index contributed by atoms with van der Waals surface area (Å²) >= 11 is 0. The van der Waals surface area contributed by atoms with Gasteiger partial charge in [0.2, 0.25) is 0 Å². The summed E-state index contributed by atoms with van der Waals surface area (Å²) < 4.78 is 0. The van der Waals surface area contributed by atoms with Gasteiger partial charge < -0.3 is 4.98 Å². The molecule has 1 atom stereocenters. The van der Waals surface area contributed by atoms with E-state index in [9.17, 15) is 0 Å². The molecular weight excluding hydrogens is 306 g/mol. The third kappa shape index (κ3) is 5.06. The monoisotopic (exact) mass is 341 g/mol. The van der Waals surface area contributed by atoms with Crippen LogP contribution in [0.1, 0.15) is 58.2 Å². The van der Waals surface area contributed by atoms with E-state index in [-0.39, 0.29) is 5.54 Å². The van der Waals surface area contributed by atoms with Crippen LogP contribution in [0.25, 0.3) is 5.57 Å². The van der Waals surface area contributed by atoms with Gasteiger partial charge in [-0.3, -0.25) is 0 Å². The Bertz CT molecular complexity index is 630. The predicted molar refractivity (Wildman–Crippen MR) is 113 cm³/mol. The second-order valence-corrected chi connectivity index (χ2v) is 12.5. The molecule has 1 aromatic carbocycles. The average Bonchev–Trinajstić information content (AvgIpc) is 2.71. The lowest BCUT2D eigenvalue weighted by Crippen LogP contribution is -2.58. The smallest absolute Gasteiger partial charge is 0.131 e. The van der Waals surface area contributed by atoms with E-state index in [0.29, 0.717) is 5.54 Å². The topological polar surface area (TPSA) is 12.0 Å². The van der Waals surface area contributed by atoms with E-state index < -0.39 is 8.24 Å². The molecule has 2 rings (SSSR count). The molecule has 0 radical (unpaired) electrons. The molecule has 1 aliphatic rings. The molecule has 0 bridgehead atoms. The Morgan fingerprint density at radius 1 is 1.12 bits per heavy atom. The molecule has 2 heteroatoms. The first-order valence-corrected chi connectivity index (χ1v) is 11.9. The first-order valence-electron chi connectivity index (χ1n) is 8.85. The van der Waals surface area contributed by atoms with Gasteiger partial charge in [-0.25, -0.2) is 0 Å². The zero-order valence-electron chi connectivity index (χ0n) is 16.8. The number of nitrogens with one attached hydrogen (secondary N) is 1. The Balaban J connectivity index is 0.000000505. The molecule has 132 valence electrons.